The molecule has 107 heavy (non-hydrogen) atoms. The molecule has 0 saturated heterocycles. The van der Waals surface area contributed by atoms with Crippen LogP contribution in [0, 0.1) is 5.92 Å². The van der Waals surface area contributed by atoms with Crippen LogP contribution in [0.2, 0.25) is 0 Å². The predicted molar refractivity (Wildman–Crippen MR) is 442 cm³/mol. The molecule has 3 N–H and O–H groups in total. The minimum atomic E-state index is -4.97. The van der Waals surface area contributed by atoms with Crippen molar-refractivity contribution in [3.63, 3.8) is 0 Å². The predicted octanol–water partition coefficient (Wildman–Crippen LogP) is 27.2. The number of phosphoric acid groups is 2. The number of rotatable bonds is 88. The Hall–Kier alpha value is -1.94. The summed E-state index contributed by atoms with van der Waals surface area (Å²) in [7, 11) is -9.93. The first kappa shape index (κ1) is 105. The molecule has 0 aromatic heterocycles. The first-order chi connectivity index (χ1) is 52.0. The zero-order valence-electron chi connectivity index (χ0n) is 70.3. The highest BCUT2D eigenvalue weighted by molar-refractivity contribution is 7.47. The van der Waals surface area contributed by atoms with Gasteiger partial charge in [-0.05, 0) is 31.6 Å². The summed E-state index contributed by atoms with van der Waals surface area (Å²) in [5.41, 5.74) is 0. The molecule has 0 heterocycles. The van der Waals surface area contributed by atoms with E-state index in [-0.39, 0.29) is 25.7 Å². The smallest absolute Gasteiger partial charge is 0.462 e. The first-order valence-electron chi connectivity index (χ1n) is 45.6. The minimum Gasteiger partial charge on any atom is -0.462 e. The monoisotopic (exact) mass is 1560 g/mol. The lowest BCUT2D eigenvalue weighted by molar-refractivity contribution is -0.161. The molecule has 0 spiro atoms. The zero-order chi connectivity index (χ0) is 78.3. The Labute approximate surface area is 658 Å². The fourth-order valence-corrected chi connectivity index (χ4v) is 15.4. The molecule has 0 aliphatic heterocycles. The first-order valence-corrected chi connectivity index (χ1v) is 48.6. The Morgan fingerprint density at radius 2 is 0.430 bits per heavy atom. The van der Waals surface area contributed by atoms with Crippen molar-refractivity contribution in [3.05, 3.63) is 0 Å². The van der Waals surface area contributed by atoms with Gasteiger partial charge in [0, 0.05) is 25.7 Å². The van der Waals surface area contributed by atoms with E-state index in [9.17, 15) is 43.2 Å². The van der Waals surface area contributed by atoms with Crippen LogP contribution in [-0.2, 0) is 65.4 Å². The number of phosphoric ester groups is 2. The fraction of sp³-hybridized carbons (Fsp3) is 0.955. The molecule has 0 aliphatic rings. The van der Waals surface area contributed by atoms with Crippen LogP contribution in [0.3, 0.4) is 0 Å². The summed E-state index contributed by atoms with van der Waals surface area (Å²) in [6.45, 7) is 7.40. The summed E-state index contributed by atoms with van der Waals surface area (Å²) in [6, 6.07) is 0. The molecular weight excluding hydrogens is 1390 g/mol. The lowest BCUT2D eigenvalue weighted by Gasteiger charge is -2.21. The summed E-state index contributed by atoms with van der Waals surface area (Å²) in [4.78, 5) is 73.3. The van der Waals surface area contributed by atoms with Crippen molar-refractivity contribution >= 4 is 39.5 Å². The second-order valence-corrected chi connectivity index (χ2v) is 35.0. The van der Waals surface area contributed by atoms with Gasteiger partial charge >= 0.3 is 39.5 Å². The van der Waals surface area contributed by atoms with Crippen LogP contribution in [-0.4, -0.2) is 96.7 Å². The van der Waals surface area contributed by atoms with E-state index in [2.05, 4.69) is 34.6 Å². The van der Waals surface area contributed by atoms with E-state index in [0.717, 1.165) is 95.8 Å². The van der Waals surface area contributed by atoms with Crippen LogP contribution in [0.25, 0.3) is 0 Å². The summed E-state index contributed by atoms with van der Waals surface area (Å²) >= 11 is 0. The number of carbonyl (C=O) groups excluding carboxylic acids is 4. The van der Waals surface area contributed by atoms with Crippen molar-refractivity contribution in [3.8, 4) is 0 Å². The quantitative estimate of drug-likeness (QED) is 0.0222. The Kier molecular flexibility index (Phi) is 79.2. The van der Waals surface area contributed by atoms with Crippen LogP contribution >= 0.6 is 15.6 Å². The van der Waals surface area contributed by atoms with Crippen molar-refractivity contribution in [2.75, 3.05) is 39.6 Å². The average Bonchev–Trinajstić information content (AvgIpc) is 0.906. The van der Waals surface area contributed by atoms with E-state index in [4.69, 9.17) is 37.0 Å². The lowest BCUT2D eigenvalue weighted by Crippen LogP contribution is -2.30. The topological polar surface area (TPSA) is 237 Å². The van der Waals surface area contributed by atoms with Gasteiger partial charge in [0.2, 0.25) is 0 Å². The molecule has 0 radical (unpaired) electrons. The average molecular weight is 1560 g/mol. The van der Waals surface area contributed by atoms with Crippen molar-refractivity contribution in [1.29, 1.82) is 0 Å². The third-order valence-corrected chi connectivity index (χ3v) is 22.7. The van der Waals surface area contributed by atoms with Gasteiger partial charge in [-0.25, -0.2) is 9.13 Å². The van der Waals surface area contributed by atoms with E-state index < -0.39 is 97.5 Å². The molecule has 2 unspecified atom stereocenters. The van der Waals surface area contributed by atoms with Crippen molar-refractivity contribution in [1.82, 2.24) is 0 Å². The van der Waals surface area contributed by atoms with Gasteiger partial charge in [-0.2, -0.15) is 0 Å². The van der Waals surface area contributed by atoms with Gasteiger partial charge in [0.05, 0.1) is 26.4 Å². The third kappa shape index (κ3) is 81.9. The molecule has 0 aromatic carbocycles. The SMILES string of the molecule is CCCCCCCCCCCCCCCCCCCCCCCC(=O)O[C@H](COC(=O)CCCCCCCCCCCCCCCCCCC)COP(=O)(O)OC[C@@H](O)COP(=O)(O)OC[C@@H](COC(=O)CCCCCCCCCCCCCCC)OC(=O)CCCCCCCCCCCCCCCC(C)C. The highest BCUT2D eigenvalue weighted by Gasteiger charge is 2.30. The maximum atomic E-state index is 13.2. The van der Waals surface area contributed by atoms with Gasteiger partial charge in [0.25, 0.3) is 0 Å². The number of carbonyl (C=O) groups is 4. The second-order valence-electron chi connectivity index (χ2n) is 32.1. The Morgan fingerprint density at radius 3 is 0.636 bits per heavy atom. The molecule has 0 aliphatic carbocycles. The van der Waals surface area contributed by atoms with E-state index in [0.29, 0.717) is 25.7 Å². The van der Waals surface area contributed by atoms with Crippen LogP contribution < -0.4 is 0 Å². The normalized spacial score (nSPS) is 13.7. The summed E-state index contributed by atoms with van der Waals surface area (Å²) in [5.74, 6) is -1.31. The number of ether oxygens (including phenoxy) is 4. The van der Waals surface area contributed by atoms with Gasteiger partial charge in [0.15, 0.2) is 12.2 Å². The zero-order valence-corrected chi connectivity index (χ0v) is 72.1. The van der Waals surface area contributed by atoms with Gasteiger partial charge in [0.1, 0.15) is 19.3 Å². The molecule has 0 rings (SSSR count). The van der Waals surface area contributed by atoms with Gasteiger partial charge in [-0.3, -0.25) is 37.3 Å². The van der Waals surface area contributed by atoms with Gasteiger partial charge < -0.3 is 33.8 Å². The maximum Gasteiger partial charge on any atom is 0.472 e. The molecule has 0 fully saturated rings. The van der Waals surface area contributed by atoms with Crippen LogP contribution in [0.1, 0.15) is 478 Å². The van der Waals surface area contributed by atoms with E-state index in [1.54, 1.807) is 0 Å². The Bertz CT molecular complexity index is 2030. The number of esters is 4. The van der Waals surface area contributed by atoms with E-state index in [1.165, 1.54) is 302 Å². The van der Waals surface area contributed by atoms with E-state index in [1.807, 2.05) is 0 Å². The summed E-state index contributed by atoms with van der Waals surface area (Å²) in [5, 5.41) is 10.7. The number of aliphatic hydroxyl groups excluding tert-OH is 1. The maximum absolute atomic E-state index is 13.2. The molecular formula is C88H172O17P2. The molecule has 19 heteroatoms. The fourth-order valence-electron chi connectivity index (χ4n) is 13.8. The second kappa shape index (κ2) is 80.7. The molecule has 0 bridgehead atoms. The van der Waals surface area contributed by atoms with Gasteiger partial charge in [-0.1, -0.05) is 426 Å². The third-order valence-electron chi connectivity index (χ3n) is 20.8. The number of aliphatic hydroxyl groups is 1. The highest BCUT2D eigenvalue weighted by atomic mass is 31.2. The van der Waals surface area contributed by atoms with E-state index >= 15 is 0 Å². The summed E-state index contributed by atoms with van der Waals surface area (Å²) < 4.78 is 69.0. The van der Waals surface area contributed by atoms with Gasteiger partial charge in [-0.15, -0.1) is 0 Å². The number of hydrogen-bond donors (Lipinski definition) is 3. The molecule has 0 aromatic rings. The van der Waals surface area contributed by atoms with Crippen LogP contribution in [0.15, 0.2) is 0 Å². The number of unbranched alkanes of at least 4 members (excludes halogenated alkanes) is 60. The minimum absolute atomic E-state index is 0.108. The van der Waals surface area contributed by atoms with Crippen LogP contribution in [0.5, 0.6) is 0 Å². The highest BCUT2D eigenvalue weighted by Crippen LogP contribution is 2.45. The van der Waals surface area contributed by atoms with Crippen molar-refractivity contribution < 1.29 is 80.2 Å². The van der Waals surface area contributed by atoms with Crippen molar-refractivity contribution in [2.24, 2.45) is 5.92 Å². The molecule has 17 nitrogen and oxygen atoms in total. The molecule has 5 atom stereocenters. The largest absolute Gasteiger partial charge is 0.472 e. The molecule has 0 saturated carbocycles. The Morgan fingerprint density at radius 1 is 0.252 bits per heavy atom. The Balaban J connectivity index is 5.25. The lowest BCUT2D eigenvalue weighted by atomic mass is 10.0. The summed E-state index contributed by atoms with van der Waals surface area (Å²) in [6.07, 6.45) is 74.9. The standard InChI is InChI=1S/C88H172O17P2/c1-6-9-12-15-18-21-24-27-29-31-32-33-34-36-38-43-48-53-58-63-68-73-87(92)104-84(78-99-86(91)72-67-62-57-52-47-42-37-35-30-28-25-22-19-16-13-10-7-2)80-103-107(96,97)101-76-82(89)75-100-106(94,95)102-79-83(77-98-85(90)71-66-61-56-51-46-40-26-23-20-17-14-11-8-3)105-88(93)74-69-64-59-54-49-44-39-41-45-50-55-60-65-70-81(4)5/h81-84,89H,6-80H2,1-5H3,(H,94,95)(H,96,97)/t82-,83+,84+/m0/s1. The van der Waals surface area contributed by atoms with Crippen LogP contribution in [0.4, 0.5) is 0 Å². The van der Waals surface area contributed by atoms with Crippen molar-refractivity contribution in [2.45, 2.75) is 496 Å². The molecule has 0 amide bonds. The number of hydrogen-bond acceptors (Lipinski definition) is 15. The molecule has 636 valence electrons.